The van der Waals surface area contributed by atoms with Gasteiger partial charge in [0.25, 0.3) is 11.5 Å². The van der Waals surface area contributed by atoms with Gasteiger partial charge in [-0.25, -0.2) is 4.68 Å². The average Bonchev–Trinajstić information content (AvgIpc) is 2.73. The fourth-order valence-corrected chi connectivity index (χ4v) is 3.36. The molecule has 164 valence electrons. The molecule has 0 saturated heterocycles. The summed E-state index contributed by atoms with van der Waals surface area (Å²) in [4.78, 5) is 25.1. The number of ether oxygens (including phenoxy) is 1. The number of amides is 1. The lowest BCUT2D eigenvalue weighted by atomic mass is 9.86. The molecule has 1 heterocycles. The van der Waals surface area contributed by atoms with Gasteiger partial charge in [-0.3, -0.25) is 9.59 Å². The second kappa shape index (κ2) is 8.89. The van der Waals surface area contributed by atoms with Gasteiger partial charge in [0.05, 0.1) is 11.9 Å². The van der Waals surface area contributed by atoms with E-state index in [0.29, 0.717) is 16.5 Å². The Morgan fingerprint density at radius 2 is 1.87 bits per heavy atom. The third-order valence-corrected chi connectivity index (χ3v) is 5.17. The average molecular weight is 424 g/mol. The quantitative estimate of drug-likeness (QED) is 0.636. The maximum Gasteiger partial charge on any atom is 0.274 e. The lowest BCUT2D eigenvalue weighted by Gasteiger charge is -2.21. The number of hydrogen-bond donors (Lipinski definition) is 2. The number of rotatable bonds is 6. The summed E-state index contributed by atoms with van der Waals surface area (Å²) >= 11 is 0. The predicted octanol–water partition coefficient (Wildman–Crippen LogP) is 2.80. The number of aliphatic hydroxyl groups is 1. The molecule has 1 amide bonds. The Bertz CT molecular complexity index is 1160. The number of nitrogens with one attached hydrogen (secondary N) is 1. The summed E-state index contributed by atoms with van der Waals surface area (Å²) in [6.07, 6.45) is -0.981. The molecule has 1 atom stereocenters. The molecular weight excluding hydrogens is 394 g/mol. The van der Waals surface area contributed by atoms with Gasteiger partial charge in [-0.05, 0) is 35.6 Å². The minimum absolute atomic E-state index is 0.00798. The van der Waals surface area contributed by atoms with Gasteiger partial charge < -0.3 is 15.2 Å². The Morgan fingerprint density at radius 3 is 2.48 bits per heavy atom. The molecule has 0 radical (unpaired) electrons. The largest absolute Gasteiger partial charge is 0.491 e. The zero-order valence-corrected chi connectivity index (χ0v) is 18.6. The van der Waals surface area contributed by atoms with E-state index in [1.54, 1.807) is 24.3 Å². The van der Waals surface area contributed by atoms with Gasteiger partial charge >= 0.3 is 0 Å². The first-order chi connectivity index (χ1) is 14.6. The van der Waals surface area contributed by atoms with Crippen molar-refractivity contribution in [2.45, 2.75) is 45.8 Å². The smallest absolute Gasteiger partial charge is 0.274 e. The van der Waals surface area contributed by atoms with E-state index in [4.69, 9.17) is 4.74 Å². The molecule has 0 spiro atoms. The minimum Gasteiger partial charge on any atom is -0.491 e. The SMILES string of the molecule is CNC(=O)c1nn(CC(O)COc2ccc(C(C)(C)C)cc2C)c(=O)c2ccccc12. The molecule has 0 aliphatic rings. The van der Waals surface area contributed by atoms with Crippen LogP contribution < -0.4 is 15.6 Å². The van der Waals surface area contributed by atoms with Crippen molar-refractivity contribution in [2.75, 3.05) is 13.7 Å². The van der Waals surface area contributed by atoms with E-state index < -0.39 is 12.0 Å². The Kier molecular flexibility index (Phi) is 6.45. The van der Waals surface area contributed by atoms with Crippen molar-refractivity contribution in [3.63, 3.8) is 0 Å². The minimum atomic E-state index is -0.981. The zero-order valence-electron chi connectivity index (χ0n) is 18.6. The molecule has 2 N–H and O–H groups in total. The molecule has 1 aromatic heterocycles. The molecule has 1 unspecified atom stereocenters. The summed E-state index contributed by atoms with van der Waals surface area (Å²) in [6, 6.07) is 12.8. The van der Waals surface area contributed by atoms with Crippen molar-refractivity contribution in [1.29, 1.82) is 0 Å². The van der Waals surface area contributed by atoms with Crippen LogP contribution in [0.4, 0.5) is 0 Å². The van der Waals surface area contributed by atoms with Crippen molar-refractivity contribution >= 4 is 16.7 Å². The van der Waals surface area contributed by atoms with Crippen LogP contribution in [0.5, 0.6) is 5.75 Å². The van der Waals surface area contributed by atoms with Crippen LogP contribution in [0.15, 0.2) is 47.3 Å². The molecule has 0 fully saturated rings. The summed E-state index contributed by atoms with van der Waals surface area (Å²) in [5, 5.41) is 18.1. The van der Waals surface area contributed by atoms with Gasteiger partial charge in [0.1, 0.15) is 18.5 Å². The van der Waals surface area contributed by atoms with Gasteiger partial charge in [0, 0.05) is 12.4 Å². The Hall–Kier alpha value is -3.19. The summed E-state index contributed by atoms with van der Waals surface area (Å²) < 4.78 is 6.91. The highest BCUT2D eigenvalue weighted by molar-refractivity contribution is 6.04. The van der Waals surface area contributed by atoms with Crippen molar-refractivity contribution < 1.29 is 14.6 Å². The highest BCUT2D eigenvalue weighted by Gasteiger charge is 2.18. The van der Waals surface area contributed by atoms with Crippen molar-refractivity contribution in [1.82, 2.24) is 15.1 Å². The summed E-state index contributed by atoms with van der Waals surface area (Å²) in [6.45, 7) is 8.30. The van der Waals surface area contributed by atoms with E-state index in [0.717, 1.165) is 10.2 Å². The van der Waals surface area contributed by atoms with E-state index >= 15 is 0 Å². The van der Waals surface area contributed by atoms with Gasteiger partial charge in [0.15, 0.2) is 5.69 Å². The molecule has 31 heavy (non-hydrogen) atoms. The highest BCUT2D eigenvalue weighted by Crippen LogP contribution is 2.27. The highest BCUT2D eigenvalue weighted by atomic mass is 16.5. The van der Waals surface area contributed by atoms with Crippen LogP contribution in [0.1, 0.15) is 42.4 Å². The number of aliphatic hydroxyl groups excluding tert-OH is 1. The Morgan fingerprint density at radius 1 is 1.19 bits per heavy atom. The first-order valence-electron chi connectivity index (χ1n) is 10.3. The number of aromatic nitrogens is 2. The molecule has 3 rings (SSSR count). The number of carbonyl (C=O) groups excluding carboxylic acids is 1. The summed E-state index contributed by atoms with van der Waals surface area (Å²) in [5.74, 6) is 0.280. The lowest BCUT2D eigenvalue weighted by molar-refractivity contribution is 0.0864. The monoisotopic (exact) mass is 423 g/mol. The predicted molar refractivity (Wildman–Crippen MR) is 121 cm³/mol. The van der Waals surface area contributed by atoms with E-state index in [2.05, 4.69) is 37.3 Å². The number of hydrogen-bond acceptors (Lipinski definition) is 5. The molecular formula is C24H29N3O4. The van der Waals surface area contributed by atoms with Crippen LogP contribution in [0.25, 0.3) is 10.8 Å². The number of fused-ring (bicyclic) bond motifs is 1. The van der Waals surface area contributed by atoms with Crippen molar-refractivity contribution in [3.05, 3.63) is 69.6 Å². The fraction of sp³-hybridized carbons (Fsp3) is 0.375. The van der Waals surface area contributed by atoms with Crippen LogP contribution in [-0.4, -0.2) is 40.6 Å². The second-order valence-electron chi connectivity index (χ2n) is 8.66. The van der Waals surface area contributed by atoms with Crippen molar-refractivity contribution in [2.24, 2.45) is 0 Å². The first-order valence-corrected chi connectivity index (χ1v) is 10.3. The Balaban J connectivity index is 1.79. The Labute approximate surface area is 181 Å². The van der Waals surface area contributed by atoms with Crippen LogP contribution in [0.2, 0.25) is 0 Å². The molecule has 0 aliphatic heterocycles. The van der Waals surface area contributed by atoms with Gasteiger partial charge in [-0.1, -0.05) is 51.1 Å². The maximum absolute atomic E-state index is 12.8. The first kappa shape index (κ1) is 22.5. The summed E-state index contributed by atoms with van der Waals surface area (Å²) in [7, 11) is 1.50. The number of benzene rings is 2. The molecule has 0 saturated carbocycles. The maximum atomic E-state index is 12.8. The third-order valence-electron chi connectivity index (χ3n) is 5.17. The number of nitrogens with zero attached hydrogens (tertiary/aromatic N) is 2. The molecule has 0 aliphatic carbocycles. The standard InChI is InChI=1S/C24H29N3O4/c1-15-12-16(24(2,3)4)10-11-20(15)31-14-17(28)13-27-23(30)19-9-7-6-8-18(19)21(26-27)22(29)25-5/h6-12,17,28H,13-14H2,1-5H3,(H,25,29). The molecule has 7 heteroatoms. The van der Waals surface area contributed by atoms with Crippen LogP contribution in [-0.2, 0) is 12.0 Å². The van der Waals surface area contributed by atoms with E-state index in [-0.39, 0.29) is 29.8 Å². The van der Waals surface area contributed by atoms with Crippen LogP contribution in [0.3, 0.4) is 0 Å². The number of carbonyl (C=O) groups is 1. The normalized spacial score (nSPS) is 12.6. The zero-order chi connectivity index (χ0) is 22.8. The van der Waals surface area contributed by atoms with Gasteiger partial charge in [-0.15, -0.1) is 0 Å². The van der Waals surface area contributed by atoms with Crippen LogP contribution >= 0.6 is 0 Å². The molecule has 7 nitrogen and oxygen atoms in total. The van der Waals surface area contributed by atoms with Gasteiger partial charge in [-0.2, -0.15) is 5.10 Å². The second-order valence-corrected chi connectivity index (χ2v) is 8.66. The number of aryl methyl sites for hydroxylation is 1. The van der Waals surface area contributed by atoms with Gasteiger partial charge in [0.2, 0.25) is 0 Å². The van der Waals surface area contributed by atoms with E-state index in [9.17, 15) is 14.7 Å². The molecule has 2 aromatic carbocycles. The lowest BCUT2D eigenvalue weighted by Crippen LogP contribution is -2.34. The topological polar surface area (TPSA) is 93.5 Å². The molecule has 3 aromatic rings. The third kappa shape index (κ3) is 4.94. The van der Waals surface area contributed by atoms with Crippen molar-refractivity contribution in [3.8, 4) is 5.75 Å². The van der Waals surface area contributed by atoms with E-state index in [1.807, 2.05) is 19.1 Å². The summed E-state index contributed by atoms with van der Waals surface area (Å²) in [5.41, 5.74) is 1.98. The fourth-order valence-electron chi connectivity index (χ4n) is 3.36. The van der Waals surface area contributed by atoms with E-state index in [1.165, 1.54) is 12.6 Å². The van der Waals surface area contributed by atoms with Crippen LogP contribution in [0, 0.1) is 6.92 Å². The molecule has 0 bridgehead atoms.